The van der Waals surface area contributed by atoms with Gasteiger partial charge in [0.05, 0.1) is 30.7 Å². The molecule has 0 radical (unpaired) electrons. The van der Waals surface area contributed by atoms with Crippen LogP contribution in [0.1, 0.15) is 34.0 Å². The Kier molecular flexibility index (Phi) is 3.76. The number of aromatic nitrogens is 8. The number of hydrogen-bond donors (Lipinski definition) is 0. The SMILES string of the molecule is Cc1cnnn1Cc1nnn2c1CN(C(=O)c1csnn1)CCC2. The number of fused-ring (bicyclic) bond motifs is 1. The van der Waals surface area contributed by atoms with Gasteiger partial charge in [-0.15, -0.1) is 15.3 Å². The summed E-state index contributed by atoms with van der Waals surface area (Å²) in [5, 5.41) is 22.0. The van der Waals surface area contributed by atoms with Crippen LogP contribution in [0.5, 0.6) is 0 Å². The van der Waals surface area contributed by atoms with E-state index in [1.807, 2.05) is 11.6 Å². The molecule has 0 saturated carbocycles. The van der Waals surface area contributed by atoms with E-state index in [-0.39, 0.29) is 5.91 Å². The van der Waals surface area contributed by atoms with Crippen LogP contribution in [0.3, 0.4) is 0 Å². The van der Waals surface area contributed by atoms with E-state index in [1.54, 1.807) is 21.2 Å². The normalized spacial score (nSPS) is 14.5. The first kappa shape index (κ1) is 14.9. The zero-order valence-electron chi connectivity index (χ0n) is 13.0. The number of amides is 1. The molecule has 1 amide bonds. The minimum absolute atomic E-state index is 0.110. The van der Waals surface area contributed by atoms with Gasteiger partial charge in [-0.3, -0.25) is 4.79 Å². The van der Waals surface area contributed by atoms with Crippen molar-refractivity contribution < 1.29 is 4.79 Å². The fourth-order valence-corrected chi connectivity index (χ4v) is 3.15. The Labute approximate surface area is 141 Å². The van der Waals surface area contributed by atoms with Gasteiger partial charge in [-0.1, -0.05) is 14.9 Å². The van der Waals surface area contributed by atoms with Gasteiger partial charge in [0.2, 0.25) is 0 Å². The topological polar surface area (TPSA) is 108 Å². The molecule has 3 aromatic heterocycles. The first-order chi connectivity index (χ1) is 11.7. The van der Waals surface area contributed by atoms with E-state index in [9.17, 15) is 4.79 Å². The third-order valence-corrected chi connectivity index (χ3v) is 4.54. The summed E-state index contributed by atoms with van der Waals surface area (Å²) >= 11 is 1.17. The molecule has 0 saturated heterocycles. The average molecular weight is 345 g/mol. The van der Waals surface area contributed by atoms with Crippen molar-refractivity contribution in [3.05, 3.63) is 34.4 Å². The van der Waals surface area contributed by atoms with Crippen molar-refractivity contribution in [2.45, 2.75) is 33.0 Å². The van der Waals surface area contributed by atoms with Crippen molar-refractivity contribution in [3.8, 4) is 0 Å². The van der Waals surface area contributed by atoms with Crippen molar-refractivity contribution in [3.63, 3.8) is 0 Å². The van der Waals surface area contributed by atoms with E-state index in [4.69, 9.17) is 0 Å². The molecule has 4 rings (SSSR count). The lowest BCUT2D eigenvalue weighted by Crippen LogP contribution is -2.31. The molecule has 0 bridgehead atoms. The van der Waals surface area contributed by atoms with Crippen LogP contribution in [0.15, 0.2) is 11.6 Å². The maximum Gasteiger partial charge on any atom is 0.275 e. The van der Waals surface area contributed by atoms with Crippen LogP contribution in [0.2, 0.25) is 0 Å². The van der Waals surface area contributed by atoms with E-state index in [2.05, 4.69) is 30.2 Å². The first-order valence-electron chi connectivity index (χ1n) is 7.55. The summed E-state index contributed by atoms with van der Waals surface area (Å²) in [6, 6.07) is 0. The van der Waals surface area contributed by atoms with E-state index >= 15 is 0 Å². The van der Waals surface area contributed by atoms with Crippen molar-refractivity contribution in [1.82, 2.24) is 44.5 Å². The predicted molar refractivity (Wildman–Crippen MR) is 83.1 cm³/mol. The lowest BCUT2D eigenvalue weighted by atomic mass is 10.2. The highest BCUT2D eigenvalue weighted by Crippen LogP contribution is 2.17. The molecule has 10 nitrogen and oxygen atoms in total. The number of carbonyl (C=O) groups excluding carboxylic acids is 1. The van der Waals surface area contributed by atoms with Crippen LogP contribution in [0.4, 0.5) is 0 Å². The highest BCUT2D eigenvalue weighted by Gasteiger charge is 2.25. The molecule has 0 fully saturated rings. The van der Waals surface area contributed by atoms with Crippen LogP contribution >= 0.6 is 11.5 Å². The summed E-state index contributed by atoms with van der Waals surface area (Å²) in [5.74, 6) is -0.110. The Bertz CT molecular complexity index is 853. The van der Waals surface area contributed by atoms with E-state index in [0.29, 0.717) is 25.3 Å². The molecule has 0 aliphatic carbocycles. The summed E-state index contributed by atoms with van der Waals surface area (Å²) in [5.41, 5.74) is 3.07. The molecule has 11 heteroatoms. The third kappa shape index (κ3) is 2.66. The van der Waals surface area contributed by atoms with E-state index in [1.165, 1.54) is 11.5 Å². The molecule has 0 aromatic carbocycles. The van der Waals surface area contributed by atoms with Crippen molar-refractivity contribution in [1.29, 1.82) is 0 Å². The van der Waals surface area contributed by atoms with Gasteiger partial charge in [-0.05, 0) is 24.9 Å². The van der Waals surface area contributed by atoms with Crippen molar-refractivity contribution in [2.75, 3.05) is 6.54 Å². The second kappa shape index (κ2) is 6.07. The molecular weight excluding hydrogens is 330 g/mol. The fourth-order valence-electron chi connectivity index (χ4n) is 2.72. The molecule has 0 spiro atoms. The van der Waals surface area contributed by atoms with Crippen LogP contribution in [-0.2, 0) is 19.6 Å². The lowest BCUT2D eigenvalue weighted by Gasteiger charge is -2.19. The standard InChI is InChI=1S/C13H15N9OS/c1-9-5-14-17-22(9)6-10-12-7-20(3-2-4-21(12)18-15-10)13(23)11-8-24-19-16-11/h5,8H,2-4,6-7H2,1H3. The Balaban J connectivity index is 1.61. The monoisotopic (exact) mass is 345 g/mol. The number of rotatable bonds is 3. The predicted octanol–water partition coefficient (Wildman–Crippen LogP) is 0.124. The fraction of sp³-hybridized carbons (Fsp3) is 0.462. The Morgan fingerprint density at radius 3 is 2.96 bits per heavy atom. The number of aryl methyl sites for hydroxylation is 2. The van der Waals surface area contributed by atoms with E-state index < -0.39 is 0 Å². The molecule has 3 aromatic rings. The molecule has 4 heterocycles. The molecule has 0 N–H and O–H groups in total. The smallest absolute Gasteiger partial charge is 0.275 e. The maximum absolute atomic E-state index is 12.6. The minimum Gasteiger partial charge on any atom is -0.331 e. The molecule has 0 unspecified atom stereocenters. The van der Waals surface area contributed by atoms with Gasteiger partial charge in [-0.2, -0.15) is 0 Å². The van der Waals surface area contributed by atoms with Crippen molar-refractivity contribution >= 4 is 17.4 Å². The maximum atomic E-state index is 12.6. The van der Waals surface area contributed by atoms with Gasteiger partial charge in [0.25, 0.3) is 5.91 Å². The average Bonchev–Trinajstić information content (AvgIpc) is 3.29. The van der Waals surface area contributed by atoms with E-state index in [0.717, 1.165) is 30.0 Å². The first-order valence-corrected chi connectivity index (χ1v) is 8.38. The molecule has 124 valence electrons. The van der Waals surface area contributed by atoms with Gasteiger partial charge in [0, 0.05) is 18.5 Å². The lowest BCUT2D eigenvalue weighted by molar-refractivity contribution is 0.0739. The number of nitrogens with zero attached hydrogens (tertiary/aromatic N) is 9. The Morgan fingerprint density at radius 2 is 2.21 bits per heavy atom. The summed E-state index contributed by atoms with van der Waals surface area (Å²) in [6.07, 6.45) is 2.52. The summed E-state index contributed by atoms with van der Waals surface area (Å²) in [7, 11) is 0. The van der Waals surface area contributed by atoms with Gasteiger partial charge < -0.3 is 4.90 Å². The number of hydrogen-bond acceptors (Lipinski definition) is 8. The zero-order valence-corrected chi connectivity index (χ0v) is 13.8. The zero-order chi connectivity index (χ0) is 16.5. The summed E-state index contributed by atoms with van der Waals surface area (Å²) in [6.45, 7) is 4.26. The number of carbonyl (C=O) groups is 1. The quantitative estimate of drug-likeness (QED) is 0.663. The van der Waals surface area contributed by atoms with Gasteiger partial charge >= 0.3 is 0 Å². The van der Waals surface area contributed by atoms with Gasteiger partial charge in [-0.25, -0.2) is 9.36 Å². The largest absolute Gasteiger partial charge is 0.331 e. The second-order valence-corrected chi connectivity index (χ2v) is 6.22. The summed E-state index contributed by atoms with van der Waals surface area (Å²) < 4.78 is 7.41. The van der Waals surface area contributed by atoms with Gasteiger partial charge in [0.15, 0.2) is 5.69 Å². The molecule has 1 aliphatic heterocycles. The second-order valence-electron chi connectivity index (χ2n) is 5.61. The highest BCUT2D eigenvalue weighted by molar-refractivity contribution is 7.03. The van der Waals surface area contributed by atoms with Crippen LogP contribution in [0, 0.1) is 6.92 Å². The third-order valence-electron chi connectivity index (χ3n) is 4.03. The summed E-state index contributed by atoms with van der Waals surface area (Å²) in [4.78, 5) is 14.4. The molecule has 1 aliphatic rings. The van der Waals surface area contributed by atoms with Crippen molar-refractivity contribution in [2.24, 2.45) is 0 Å². The Hall–Kier alpha value is -2.69. The van der Waals surface area contributed by atoms with Crippen LogP contribution < -0.4 is 0 Å². The van der Waals surface area contributed by atoms with Crippen LogP contribution in [0.25, 0.3) is 0 Å². The molecular formula is C13H15N9OS. The van der Waals surface area contributed by atoms with Crippen LogP contribution in [-0.4, -0.2) is 56.9 Å². The molecule has 0 atom stereocenters. The highest BCUT2D eigenvalue weighted by atomic mass is 32.1. The minimum atomic E-state index is -0.110. The molecule has 24 heavy (non-hydrogen) atoms. The van der Waals surface area contributed by atoms with Gasteiger partial charge in [0.1, 0.15) is 5.69 Å². The Morgan fingerprint density at radius 1 is 1.29 bits per heavy atom.